The summed E-state index contributed by atoms with van der Waals surface area (Å²) in [6.07, 6.45) is 3.64. The number of hydrogen-bond donors (Lipinski definition) is 4. The highest BCUT2D eigenvalue weighted by atomic mass is 79.9. The molecule has 6 aromatic rings. The average molecular weight is 1040 g/mol. The lowest BCUT2D eigenvalue weighted by Crippen LogP contribution is -2.43. The molecule has 0 spiro atoms. The normalized spacial score (nSPS) is 15.8. The van der Waals surface area contributed by atoms with Crippen LogP contribution in [0, 0.1) is 11.8 Å². The number of carbonyl (C=O) groups excluding carboxylic acids is 4. The molecule has 0 aliphatic carbocycles. The minimum atomic E-state index is -0.352. The number of rotatable bonds is 15. The van der Waals surface area contributed by atoms with E-state index in [1.807, 2.05) is 60.7 Å². The van der Waals surface area contributed by atoms with Crippen molar-refractivity contribution in [2.75, 3.05) is 97.6 Å². The second-order valence-electron chi connectivity index (χ2n) is 18.3. The Morgan fingerprint density at radius 3 is 1.44 bits per heavy atom. The highest BCUT2D eigenvalue weighted by molar-refractivity contribution is 9.08. The second-order valence-corrected chi connectivity index (χ2v) is 18.8. The fourth-order valence-electron chi connectivity index (χ4n) is 9.20. The fraction of sp³-hybridized carbons (Fsp3) is 0.382. The number of likely N-dealkylation sites (N-methyl/N-ethyl adjacent to an activating group) is 1. The van der Waals surface area contributed by atoms with E-state index < -0.39 is 0 Å². The summed E-state index contributed by atoms with van der Waals surface area (Å²) >= 11 is 3.50. The average Bonchev–Trinajstić information content (AvgIpc) is 3.43. The lowest BCUT2D eigenvalue weighted by Gasteiger charge is -2.32. The van der Waals surface area contributed by atoms with Crippen molar-refractivity contribution in [3.8, 4) is 11.8 Å². The summed E-state index contributed by atoms with van der Waals surface area (Å²) in [7, 11) is 5.14. The third-order valence-corrected chi connectivity index (χ3v) is 14.1. The van der Waals surface area contributed by atoms with Crippen LogP contribution in [-0.2, 0) is 21.3 Å². The predicted molar refractivity (Wildman–Crippen MR) is 283 cm³/mol. The van der Waals surface area contributed by atoms with E-state index in [0.29, 0.717) is 90.9 Å². The van der Waals surface area contributed by atoms with E-state index in [1.165, 1.54) is 19.8 Å². The molecule has 3 saturated heterocycles. The summed E-state index contributed by atoms with van der Waals surface area (Å²) in [5.41, 5.74) is 4.31. The van der Waals surface area contributed by atoms with E-state index in [9.17, 15) is 19.2 Å². The number of piperazine rings is 1. The molecule has 4 N–H and O–H groups in total. The SMILES string of the molecule is COc1ccc(NC(=O)c2ccc(CBr)c3ccccc23)c(C(=O)NCC2CCOCC2)n1.COc1ccc(NC(=O)c2ccc(CN3CCN(C)CC3)c3ccccc23)c(C(=O)NCC2CCOCC2)n1. The maximum atomic E-state index is 13.6. The molecule has 4 aromatic carbocycles. The Labute approximate surface area is 428 Å². The summed E-state index contributed by atoms with van der Waals surface area (Å²) in [6, 6.07) is 30.0. The number of halogens is 1. The van der Waals surface area contributed by atoms with Crippen molar-refractivity contribution in [1.82, 2.24) is 30.4 Å². The molecule has 5 heterocycles. The highest BCUT2D eigenvalue weighted by Gasteiger charge is 2.24. The molecule has 4 amide bonds. The van der Waals surface area contributed by atoms with Crippen LogP contribution in [0.15, 0.2) is 97.1 Å². The summed E-state index contributed by atoms with van der Waals surface area (Å²) in [5.74, 6) is 0.0471. The molecule has 0 atom stereocenters. The van der Waals surface area contributed by atoms with Crippen LogP contribution in [0.2, 0.25) is 0 Å². The second kappa shape index (κ2) is 25.2. The van der Waals surface area contributed by atoms with Crippen molar-refractivity contribution in [2.24, 2.45) is 11.8 Å². The molecule has 378 valence electrons. The monoisotopic (exact) mass is 1040 g/mol. The van der Waals surface area contributed by atoms with E-state index in [2.05, 4.69) is 70.1 Å². The van der Waals surface area contributed by atoms with Gasteiger partial charge < -0.3 is 45.1 Å². The smallest absolute Gasteiger partial charge is 0.272 e. The topological polar surface area (TPSA) is 186 Å². The number of ether oxygens (including phenoxy) is 4. The summed E-state index contributed by atoms with van der Waals surface area (Å²) in [5, 5.41) is 16.2. The van der Waals surface area contributed by atoms with Gasteiger partial charge in [0.15, 0.2) is 11.4 Å². The Morgan fingerprint density at radius 1 is 0.569 bits per heavy atom. The maximum Gasteiger partial charge on any atom is 0.272 e. The van der Waals surface area contributed by atoms with Crippen molar-refractivity contribution in [2.45, 2.75) is 37.6 Å². The molecule has 0 bridgehead atoms. The quantitative estimate of drug-likeness (QED) is 0.0729. The molecule has 16 nitrogen and oxygen atoms in total. The van der Waals surface area contributed by atoms with Gasteiger partial charge in [0.25, 0.3) is 23.6 Å². The Hall–Kier alpha value is -6.50. The number of hydrogen-bond acceptors (Lipinski definition) is 12. The van der Waals surface area contributed by atoms with Crippen LogP contribution in [0.4, 0.5) is 11.4 Å². The van der Waals surface area contributed by atoms with Gasteiger partial charge in [-0.1, -0.05) is 76.6 Å². The van der Waals surface area contributed by atoms with Crippen LogP contribution in [-0.4, -0.2) is 130 Å². The van der Waals surface area contributed by atoms with Gasteiger partial charge in [-0.3, -0.25) is 24.1 Å². The Bertz CT molecular complexity index is 2860. The van der Waals surface area contributed by atoms with Crippen molar-refractivity contribution in [1.29, 1.82) is 0 Å². The van der Waals surface area contributed by atoms with E-state index >= 15 is 0 Å². The molecule has 2 aromatic heterocycles. The van der Waals surface area contributed by atoms with Crippen LogP contribution >= 0.6 is 15.9 Å². The Kier molecular flexibility index (Phi) is 18.2. The molecule has 3 fully saturated rings. The zero-order valence-corrected chi connectivity index (χ0v) is 42.7. The van der Waals surface area contributed by atoms with E-state index in [1.54, 1.807) is 30.3 Å². The number of nitrogens with zero attached hydrogens (tertiary/aromatic N) is 4. The zero-order valence-electron chi connectivity index (χ0n) is 41.1. The number of amides is 4. The number of benzene rings is 4. The molecule has 0 saturated carbocycles. The molecule has 3 aliphatic heterocycles. The number of methoxy groups -OCH3 is 2. The van der Waals surface area contributed by atoms with Gasteiger partial charge in [0, 0.05) is 101 Å². The minimum Gasteiger partial charge on any atom is -0.481 e. The molecular weight excluding hydrogens is 981 g/mol. The number of fused-ring (bicyclic) bond motifs is 2. The van der Waals surface area contributed by atoms with Crippen LogP contribution < -0.4 is 30.7 Å². The first-order valence-corrected chi connectivity index (χ1v) is 25.7. The number of nitrogens with one attached hydrogen (secondary N) is 4. The van der Waals surface area contributed by atoms with Gasteiger partial charge in [-0.05, 0) is 102 Å². The zero-order chi connectivity index (χ0) is 50.4. The van der Waals surface area contributed by atoms with E-state index in [4.69, 9.17) is 18.9 Å². The number of anilines is 2. The van der Waals surface area contributed by atoms with Crippen molar-refractivity contribution < 1.29 is 38.1 Å². The van der Waals surface area contributed by atoms with Crippen LogP contribution in [0.25, 0.3) is 21.5 Å². The van der Waals surface area contributed by atoms with Crippen molar-refractivity contribution in [3.05, 3.63) is 131 Å². The van der Waals surface area contributed by atoms with Gasteiger partial charge in [-0.15, -0.1) is 0 Å². The van der Waals surface area contributed by atoms with Crippen LogP contribution in [0.1, 0.15) is 78.5 Å². The lowest BCUT2D eigenvalue weighted by atomic mass is 9.98. The van der Waals surface area contributed by atoms with Crippen molar-refractivity contribution >= 4 is 72.5 Å². The number of pyridine rings is 2. The molecule has 3 aliphatic rings. The number of aromatic nitrogens is 2. The van der Waals surface area contributed by atoms with Gasteiger partial charge in [0.05, 0.1) is 25.6 Å². The number of alkyl halides is 1. The molecule has 0 unspecified atom stereocenters. The third kappa shape index (κ3) is 13.1. The number of carbonyl (C=O) groups is 4. The van der Waals surface area contributed by atoms with Gasteiger partial charge in [0.1, 0.15) is 0 Å². The van der Waals surface area contributed by atoms with Crippen LogP contribution in [0.3, 0.4) is 0 Å². The molecular formula is C55H63BrN8O8. The summed E-state index contributed by atoms with van der Waals surface area (Å²) in [6.45, 7) is 8.91. The highest BCUT2D eigenvalue weighted by Crippen LogP contribution is 2.29. The molecule has 17 heteroatoms. The van der Waals surface area contributed by atoms with Gasteiger partial charge in [-0.25, -0.2) is 9.97 Å². The first kappa shape index (κ1) is 51.8. The van der Waals surface area contributed by atoms with Gasteiger partial charge in [0.2, 0.25) is 11.8 Å². The van der Waals surface area contributed by atoms with Crippen LogP contribution in [0.5, 0.6) is 11.8 Å². The first-order chi connectivity index (χ1) is 35.1. The molecule has 9 rings (SSSR count). The van der Waals surface area contributed by atoms with Gasteiger partial charge >= 0.3 is 0 Å². The first-order valence-electron chi connectivity index (χ1n) is 24.5. The Balaban J connectivity index is 0.000000195. The van der Waals surface area contributed by atoms with E-state index in [-0.39, 0.29) is 35.0 Å². The fourth-order valence-corrected chi connectivity index (χ4v) is 9.69. The minimum absolute atomic E-state index is 0.121. The largest absolute Gasteiger partial charge is 0.481 e. The lowest BCUT2D eigenvalue weighted by molar-refractivity contribution is 0.0642. The molecule has 0 radical (unpaired) electrons. The predicted octanol–water partition coefficient (Wildman–Crippen LogP) is 7.95. The molecule has 72 heavy (non-hydrogen) atoms. The van der Waals surface area contributed by atoms with Crippen molar-refractivity contribution in [3.63, 3.8) is 0 Å². The standard InChI is InChI=1S/C30H37N5O4.C25H26BrN3O4/c1-34-13-15-35(16-14-34)20-22-7-8-25(24-6-4-3-5-23(22)24)29(36)32-26-9-10-27(38-2)33-28(26)30(37)31-19-21-11-17-39-18-12-21;1-32-22-9-8-21(23(29-22)25(31)27-15-16-10-12-33-13-11-16)28-24(30)20-7-6-17(14-26)18-4-2-3-5-19(18)20/h3-10,21H,11-20H2,1-2H3,(H,31,37)(H,32,36);2-9,16H,10-15H2,1H3,(H,27,31)(H,28,30). The van der Waals surface area contributed by atoms with E-state index in [0.717, 1.165) is 85.5 Å². The summed E-state index contributed by atoms with van der Waals surface area (Å²) < 4.78 is 21.3. The maximum absolute atomic E-state index is 13.6. The van der Waals surface area contributed by atoms with Gasteiger partial charge in [-0.2, -0.15) is 0 Å². The third-order valence-electron chi connectivity index (χ3n) is 13.5. The Morgan fingerprint density at radius 2 is 1.00 bits per heavy atom. The summed E-state index contributed by atoms with van der Waals surface area (Å²) in [4.78, 5) is 66.4.